The summed E-state index contributed by atoms with van der Waals surface area (Å²) in [5.74, 6) is 0.143. The number of fused-ring (bicyclic) bond motifs is 1. The largest absolute Gasteiger partial charge is 0.507 e. The summed E-state index contributed by atoms with van der Waals surface area (Å²) in [5.41, 5.74) is 3.08. The molecule has 0 saturated heterocycles. The molecule has 1 aromatic heterocycles. The normalized spacial score (nSPS) is 10.8. The van der Waals surface area contributed by atoms with Crippen molar-refractivity contribution in [1.82, 2.24) is 15.2 Å². The Balaban J connectivity index is 2.37. The van der Waals surface area contributed by atoms with Gasteiger partial charge in [-0.05, 0) is 23.0 Å². The van der Waals surface area contributed by atoms with E-state index in [4.69, 9.17) is 0 Å². The Kier molecular flexibility index (Phi) is 2.87. The Morgan fingerprint density at radius 1 is 1.20 bits per heavy atom. The molecule has 20 heavy (non-hydrogen) atoms. The van der Waals surface area contributed by atoms with Crippen LogP contribution >= 0.6 is 0 Å². The number of rotatable bonds is 3. The van der Waals surface area contributed by atoms with Crippen LogP contribution in [0.4, 0.5) is 0 Å². The average molecular weight is 267 g/mol. The zero-order chi connectivity index (χ0) is 14.1. The molecular weight excluding hydrogens is 254 g/mol. The number of phenolic OH excluding ortho intramolecular Hbond substituents is 1. The number of aromatic nitrogens is 3. The molecule has 2 N–H and O–H groups in total. The Bertz CT molecular complexity index is 779. The summed E-state index contributed by atoms with van der Waals surface area (Å²) in [5, 5.41) is 27.7. The van der Waals surface area contributed by atoms with Crippen molar-refractivity contribution in [2.75, 3.05) is 0 Å². The Morgan fingerprint density at radius 3 is 2.65 bits per heavy atom. The molecule has 2 aromatic carbocycles. The van der Waals surface area contributed by atoms with Crippen molar-refractivity contribution in [3.8, 4) is 16.9 Å². The summed E-state index contributed by atoms with van der Waals surface area (Å²) in [6, 6.07) is 11.1. The van der Waals surface area contributed by atoms with Crippen LogP contribution in [-0.4, -0.2) is 25.5 Å². The molecule has 0 spiro atoms. The summed E-state index contributed by atoms with van der Waals surface area (Å²) in [6.07, 6.45) is 2.22. The van der Waals surface area contributed by atoms with Gasteiger partial charge in [-0.1, -0.05) is 36.4 Å². The van der Waals surface area contributed by atoms with Crippen LogP contribution < -0.4 is 0 Å². The third-order valence-electron chi connectivity index (χ3n) is 3.14. The summed E-state index contributed by atoms with van der Waals surface area (Å²) in [6.45, 7) is 3.68. The quantitative estimate of drug-likeness (QED) is 0.565. The van der Waals surface area contributed by atoms with Gasteiger partial charge in [0.15, 0.2) is 0 Å². The lowest BCUT2D eigenvalue weighted by Gasteiger charge is -2.09. The molecule has 100 valence electrons. The highest BCUT2D eigenvalue weighted by atomic mass is 16.5. The van der Waals surface area contributed by atoms with E-state index in [1.54, 1.807) is 12.1 Å². The molecule has 3 aromatic rings. The molecule has 0 aliphatic carbocycles. The van der Waals surface area contributed by atoms with E-state index in [-0.39, 0.29) is 5.75 Å². The van der Waals surface area contributed by atoms with Crippen LogP contribution in [0.5, 0.6) is 5.75 Å². The molecule has 5 heteroatoms. The van der Waals surface area contributed by atoms with E-state index >= 15 is 0 Å². The summed E-state index contributed by atoms with van der Waals surface area (Å²) >= 11 is 0. The zero-order valence-corrected chi connectivity index (χ0v) is 10.7. The molecule has 0 unspecified atom stereocenters. The van der Waals surface area contributed by atoms with Crippen molar-refractivity contribution in [2.24, 2.45) is 0 Å². The topological polar surface area (TPSA) is 71.2 Å². The first kappa shape index (κ1) is 12.2. The molecule has 0 saturated carbocycles. The van der Waals surface area contributed by atoms with Gasteiger partial charge in [0, 0.05) is 5.56 Å². The number of hydrogen-bond acceptors (Lipinski definition) is 4. The smallest absolute Gasteiger partial charge is 0.129 e. The zero-order valence-electron chi connectivity index (χ0n) is 10.7. The predicted molar refractivity (Wildman–Crippen MR) is 75.7 cm³/mol. The minimum atomic E-state index is 0.143. The van der Waals surface area contributed by atoms with Gasteiger partial charge in [-0.3, -0.25) is 0 Å². The van der Waals surface area contributed by atoms with Gasteiger partial charge in [0.05, 0.1) is 5.56 Å². The monoisotopic (exact) mass is 267 g/mol. The third kappa shape index (κ3) is 1.89. The van der Waals surface area contributed by atoms with Crippen molar-refractivity contribution in [3.63, 3.8) is 0 Å². The molecule has 0 aliphatic heterocycles. The maximum atomic E-state index is 10.5. The highest BCUT2D eigenvalue weighted by molar-refractivity contribution is 5.96. The molecule has 3 rings (SSSR count). The number of phenols is 1. The number of benzene rings is 2. The van der Waals surface area contributed by atoms with Crippen molar-refractivity contribution in [1.29, 1.82) is 0 Å². The standard InChI is InChI=1S/C15H13N3O2/c1-2-6-11-9-12-14(17-18(20)16-12)13(15(11)19)10-7-4-3-5-8-10/h2-5,7-9,19-20H,1,6H2. The van der Waals surface area contributed by atoms with Crippen LogP contribution in [0.15, 0.2) is 49.1 Å². The second-order valence-corrected chi connectivity index (χ2v) is 4.45. The van der Waals surface area contributed by atoms with Crippen LogP contribution in [0.3, 0.4) is 0 Å². The number of allylic oxidation sites excluding steroid dienone is 1. The Morgan fingerprint density at radius 2 is 1.95 bits per heavy atom. The fourth-order valence-corrected chi connectivity index (χ4v) is 2.28. The van der Waals surface area contributed by atoms with Crippen molar-refractivity contribution in [2.45, 2.75) is 6.42 Å². The van der Waals surface area contributed by atoms with Gasteiger partial charge in [-0.15, -0.1) is 16.8 Å². The van der Waals surface area contributed by atoms with Crippen LogP contribution in [0.1, 0.15) is 5.56 Å². The SMILES string of the molecule is C=CCc1cc2nn(O)nc2c(-c2ccccc2)c1O. The number of nitrogens with zero attached hydrogens (tertiary/aromatic N) is 3. The average Bonchev–Trinajstić information content (AvgIpc) is 2.81. The molecule has 1 heterocycles. The lowest BCUT2D eigenvalue weighted by Crippen LogP contribution is -1.93. The number of hydrogen-bond donors (Lipinski definition) is 2. The highest BCUT2D eigenvalue weighted by Gasteiger charge is 2.17. The van der Waals surface area contributed by atoms with Crippen molar-refractivity contribution < 1.29 is 10.3 Å². The first-order valence-electron chi connectivity index (χ1n) is 6.18. The van der Waals surface area contributed by atoms with E-state index in [1.807, 2.05) is 30.3 Å². The van der Waals surface area contributed by atoms with Crippen molar-refractivity contribution >= 4 is 11.0 Å². The van der Waals surface area contributed by atoms with Gasteiger partial charge in [0.25, 0.3) is 0 Å². The second kappa shape index (κ2) is 4.70. The molecular formula is C15H13N3O2. The molecule has 5 nitrogen and oxygen atoms in total. The van der Waals surface area contributed by atoms with Gasteiger partial charge < -0.3 is 10.3 Å². The summed E-state index contributed by atoms with van der Waals surface area (Å²) in [7, 11) is 0. The molecule has 0 aliphatic rings. The fourth-order valence-electron chi connectivity index (χ4n) is 2.28. The third-order valence-corrected chi connectivity index (χ3v) is 3.14. The van der Waals surface area contributed by atoms with Crippen molar-refractivity contribution in [3.05, 3.63) is 54.6 Å². The lowest BCUT2D eigenvalue weighted by atomic mass is 9.98. The highest BCUT2D eigenvalue weighted by Crippen LogP contribution is 2.38. The molecule has 0 radical (unpaired) electrons. The van der Waals surface area contributed by atoms with Crippen LogP contribution in [0.25, 0.3) is 22.2 Å². The maximum Gasteiger partial charge on any atom is 0.129 e. The van der Waals surface area contributed by atoms with E-state index in [1.165, 1.54) is 0 Å². The van der Waals surface area contributed by atoms with Gasteiger partial charge in [-0.2, -0.15) is 0 Å². The van der Waals surface area contributed by atoms with E-state index in [9.17, 15) is 10.3 Å². The molecule has 0 fully saturated rings. The maximum absolute atomic E-state index is 10.5. The summed E-state index contributed by atoms with van der Waals surface area (Å²) in [4.78, 5) is 0.522. The van der Waals surface area contributed by atoms with E-state index < -0.39 is 0 Å². The minimum Gasteiger partial charge on any atom is -0.507 e. The molecule has 0 atom stereocenters. The van der Waals surface area contributed by atoms with Gasteiger partial charge in [0.2, 0.25) is 0 Å². The van der Waals surface area contributed by atoms with Crippen LogP contribution in [-0.2, 0) is 6.42 Å². The van der Waals surface area contributed by atoms with E-state index in [0.717, 1.165) is 5.56 Å². The van der Waals surface area contributed by atoms with Gasteiger partial charge in [-0.25, -0.2) is 0 Å². The minimum absolute atomic E-state index is 0.143. The first-order chi connectivity index (χ1) is 9.70. The lowest BCUT2D eigenvalue weighted by molar-refractivity contribution is 0.113. The van der Waals surface area contributed by atoms with E-state index in [2.05, 4.69) is 16.8 Å². The Hall–Kier alpha value is -2.82. The molecule has 0 amide bonds. The molecule has 0 bridgehead atoms. The first-order valence-corrected chi connectivity index (χ1v) is 6.18. The second-order valence-electron chi connectivity index (χ2n) is 4.45. The Labute approximate surface area is 115 Å². The van der Waals surface area contributed by atoms with Crippen LogP contribution in [0.2, 0.25) is 0 Å². The fraction of sp³-hybridized carbons (Fsp3) is 0.0667. The van der Waals surface area contributed by atoms with E-state index in [0.29, 0.717) is 33.5 Å². The number of aromatic hydroxyl groups is 1. The van der Waals surface area contributed by atoms with Crippen LogP contribution in [0, 0.1) is 0 Å². The van der Waals surface area contributed by atoms with Gasteiger partial charge >= 0.3 is 0 Å². The predicted octanol–water partition coefficient (Wildman–Crippen LogP) is 2.77. The summed E-state index contributed by atoms with van der Waals surface area (Å²) < 4.78 is 0. The van der Waals surface area contributed by atoms with Gasteiger partial charge in [0.1, 0.15) is 16.8 Å².